The second-order valence-electron chi connectivity index (χ2n) is 6.91. The molecule has 8 nitrogen and oxygen atoms in total. The molecule has 2 N–H and O–H groups in total. The van der Waals surface area contributed by atoms with Crippen LogP contribution in [0, 0.1) is 6.92 Å². The van der Waals surface area contributed by atoms with Crippen LogP contribution in [0.4, 0.5) is 0 Å². The minimum absolute atomic E-state index is 0.353. The highest BCUT2D eigenvalue weighted by atomic mass is 32.2. The summed E-state index contributed by atoms with van der Waals surface area (Å²) in [5.41, 5.74) is 2.74. The Morgan fingerprint density at radius 1 is 1.13 bits per heavy atom. The molecule has 3 rings (SSSR count). The van der Waals surface area contributed by atoms with E-state index in [1.54, 1.807) is 37.8 Å². The highest BCUT2D eigenvalue weighted by Crippen LogP contribution is 2.17. The Morgan fingerprint density at radius 2 is 1.97 bits per heavy atom. The topological polar surface area (TPSA) is 101 Å². The molecular weight excluding hydrogens is 400 g/mol. The van der Waals surface area contributed by atoms with Crippen molar-refractivity contribution in [1.82, 2.24) is 25.2 Å². The second-order valence-corrected chi connectivity index (χ2v) is 8.90. The SMILES string of the molecule is CCNC(=NCc1ccc(S(C)(=O)=O)c(C)c1)NCc1ccnc(-n2ccnc2)c1. The van der Waals surface area contributed by atoms with Gasteiger partial charge in [0.25, 0.3) is 0 Å². The highest BCUT2D eigenvalue weighted by molar-refractivity contribution is 7.90. The number of hydrogen-bond acceptors (Lipinski definition) is 5. The van der Waals surface area contributed by atoms with E-state index in [-0.39, 0.29) is 0 Å². The summed E-state index contributed by atoms with van der Waals surface area (Å²) in [6, 6.07) is 9.25. The highest BCUT2D eigenvalue weighted by Gasteiger charge is 2.10. The number of nitrogens with one attached hydrogen (secondary N) is 2. The van der Waals surface area contributed by atoms with Crippen molar-refractivity contribution in [1.29, 1.82) is 0 Å². The van der Waals surface area contributed by atoms with Crippen molar-refractivity contribution in [2.24, 2.45) is 4.99 Å². The number of aromatic nitrogens is 3. The largest absolute Gasteiger partial charge is 0.357 e. The molecule has 0 amide bonds. The number of aryl methyl sites for hydroxylation is 1. The van der Waals surface area contributed by atoms with E-state index in [2.05, 4.69) is 25.6 Å². The van der Waals surface area contributed by atoms with Gasteiger partial charge in [0.1, 0.15) is 12.1 Å². The van der Waals surface area contributed by atoms with Gasteiger partial charge in [0.15, 0.2) is 15.8 Å². The Morgan fingerprint density at radius 3 is 2.63 bits per heavy atom. The van der Waals surface area contributed by atoms with E-state index in [1.165, 1.54) is 6.26 Å². The molecule has 30 heavy (non-hydrogen) atoms. The predicted octanol–water partition coefficient (Wildman–Crippen LogP) is 2.23. The van der Waals surface area contributed by atoms with Crippen LogP contribution in [-0.4, -0.2) is 41.7 Å². The molecule has 0 aliphatic heterocycles. The molecule has 0 spiro atoms. The third-order valence-corrected chi connectivity index (χ3v) is 5.70. The van der Waals surface area contributed by atoms with Gasteiger partial charge in [0, 0.05) is 37.9 Å². The van der Waals surface area contributed by atoms with Crippen LogP contribution in [-0.2, 0) is 22.9 Å². The van der Waals surface area contributed by atoms with Gasteiger partial charge in [-0.25, -0.2) is 23.4 Å². The van der Waals surface area contributed by atoms with Crippen LogP contribution in [0.25, 0.3) is 5.82 Å². The van der Waals surface area contributed by atoms with Crippen LogP contribution in [0.5, 0.6) is 0 Å². The number of benzene rings is 1. The molecular formula is C21H26N6O2S. The first-order valence-corrected chi connectivity index (χ1v) is 11.5. The van der Waals surface area contributed by atoms with Gasteiger partial charge in [0.2, 0.25) is 0 Å². The van der Waals surface area contributed by atoms with Crippen molar-refractivity contribution in [3.63, 3.8) is 0 Å². The Balaban J connectivity index is 1.68. The lowest BCUT2D eigenvalue weighted by atomic mass is 10.1. The Labute approximate surface area is 177 Å². The fraction of sp³-hybridized carbons (Fsp3) is 0.286. The number of sulfone groups is 1. The first-order valence-electron chi connectivity index (χ1n) is 9.62. The van der Waals surface area contributed by atoms with Crippen LogP contribution in [0.2, 0.25) is 0 Å². The first kappa shape index (κ1) is 21.5. The summed E-state index contributed by atoms with van der Waals surface area (Å²) in [5.74, 6) is 1.48. The van der Waals surface area contributed by atoms with Gasteiger partial charge < -0.3 is 10.6 Å². The molecule has 2 heterocycles. The molecule has 158 valence electrons. The van der Waals surface area contributed by atoms with Crippen LogP contribution < -0.4 is 10.6 Å². The van der Waals surface area contributed by atoms with E-state index >= 15 is 0 Å². The maximum absolute atomic E-state index is 11.8. The average Bonchev–Trinajstić information content (AvgIpc) is 3.24. The van der Waals surface area contributed by atoms with Crippen molar-refractivity contribution < 1.29 is 8.42 Å². The summed E-state index contributed by atoms with van der Waals surface area (Å²) < 4.78 is 25.4. The summed E-state index contributed by atoms with van der Waals surface area (Å²) in [6.45, 7) is 5.56. The van der Waals surface area contributed by atoms with Crippen molar-refractivity contribution >= 4 is 15.8 Å². The molecule has 0 atom stereocenters. The lowest BCUT2D eigenvalue weighted by Crippen LogP contribution is -2.36. The van der Waals surface area contributed by atoms with Gasteiger partial charge in [-0.15, -0.1) is 0 Å². The molecule has 0 fully saturated rings. The molecule has 1 aromatic carbocycles. The average molecular weight is 427 g/mol. The smallest absolute Gasteiger partial charge is 0.191 e. The monoisotopic (exact) mass is 426 g/mol. The lowest BCUT2D eigenvalue weighted by Gasteiger charge is -2.12. The predicted molar refractivity (Wildman–Crippen MR) is 117 cm³/mol. The number of nitrogens with zero attached hydrogens (tertiary/aromatic N) is 4. The van der Waals surface area contributed by atoms with Gasteiger partial charge in [-0.2, -0.15) is 0 Å². The van der Waals surface area contributed by atoms with Crippen molar-refractivity contribution in [3.05, 3.63) is 71.9 Å². The van der Waals surface area contributed by atoms with E-state index in [1.807, 2.05) is 35.9 Å². The van der Waals surface area contributed by atoms with Gasteiger partial charge in [0.05, 0.1) is 11.4 Å². The van der Waals surface area contributed by atoms with Gasteiger partial charge in [-0.1, -0.05) is 12.1 Å². The van der Waals surface area contributed by atoms with Crippen LogP contribution in [0.3, 0.4) is 0 Å². The van der Waals surface area contributed by atoms with Gasteiger partial charge in [-0.3, -0.25) is 4.57 Å². The Hall–Kier alpha value is -3.20. The molecule has 3 aromatic rings. The summed E-state index contributed by atoms with van der Waals surface area (Å²) in [5, 5.41) is 6.55. The fourth-order valence-electron chi connectivity index (χ4n) is 3.03. The van der Waals surface area contributed by atoms with E-state index < -0.39 is 9.84 Å². The number of pyridine rings is 1. The zero-order valence-electron chi connectivity index (χ0n) is 17.3. The quantitative estimate of drug-likeness (QED) is 0.444. The number of aliphatic imine (C=N–C) groups is 1. The Bertz CT molecular complexity index is 1120. The maximum Gasteiger partial charge on any atom is 0.191 e. The Kier molecular flexibility index (Phi) is 6.83. The zero-order valence-corrected chi connectivity index (χ0v) is 18.1. The van der Waals surface area contributed by atoms with Gasteiger partial charge >= 0.3 is 0 Å². The van der Waals surface area contributed by atoms with Crippen LogP contribution in [0.15, 0.2) is 65.1 Å². The third-order valence-electron chi connectivity index (χ3n) is 4.44. The number of guanidine groups is 1. The minimum Gasteiger partial charge on any atom is -0.357 e. The summed E-state index contributed by atoms with van der Waals surface area (Å²) in [7, 11) is -3.22. The molecule has 0 saturated heterocycles. The molecule has 0 unspecified atom stereocenters. The van der Waals surface area contributed by atoms with Gasteiger partial charge in [-0.05, 0) is 48.7 Å². The minimum atomic E-state index is -3.22. The molecule has 2 aromatic heterocycles. The summed E-state index contributed by atoms with van der Waals surface area (Å²) in [6.07, 6.45) is 8.26. The maximum atomic E-state index is 11.8. The third kappa shape index (κ3) is 5.66. The second kappa shape index (κ2) is 9.53. The van der Waals surface area contributed by atoms with E-state index in [0.29, 0.717) is 23.9 Å². The first-order chi connectivity index (χ1) is 14.4. The molecule has 0 aliphatic carbocycles. The number of rotatable bonds is 7. The number of imidazole rings is 1. The normalized spacial score (nSPS) is 12.0. The lowest BCUT2D eigenvalue weighted by molar-refractivity contribution is 0.601. The standard InChI is InChI=1S/C21H26N6O2S/c1-4-23-21(25-13-17-5-6-19(16(2)11-17)30(3,28)29)26-14-18-7-8-24-20(12-18)27-10-9-22-15-27/h5-12,15H,4,13-14H2,1-3H3,(H2,23,25,26). The summed E-state index contributed by atoms with van der Waals surface area (Å²) >= 11 is 0. The van der Waals surface area contributed by atoms with Crippen LogP contribution in [0.1, 0.15) is 23.6 Å². The molecule has 9 heteroatoms. The molecule has 0 saturated carbocycles. The molecule has 0 radical (unpaired) electrons. The van der Waals surface area contributed by atoms with Crippen molar-refractivity contribution in [3.8, 4) is 5.82 Å². The molecule has 0 bridgehead atoms. The van der Waals surface area contributed by atoms with E-state index in [0.717, 1.165) is 29.1 Å². The zero-order chi connectivity index (χ0) is 21.6. The van der Waals surface area contributed by atoms with Crippen molar-refractivity contribution in [2.75, 3.05) is 12.8 Å². The fourth-order valence-corrected chi connectivity index (χ4v) is 3.99. The van der Waals surface area contributed by atoms with Crippen LogP contribution >= 0.6 is 0 Å². The number of hydrogen-bond donors (Lipinski definition) is 2. The summed E-state index contributed by atoms with van der Waals surface area (Å²) in [4.78, 5) is 13.4. The van der Waals surface area contributed by atoms with E-state index in [4.69, 9.17) is 0 Å². The molecule has 0 aliphatic rings. The van der Waals surface area contributed by atoms with E-state index in [9.17, 15) is 8.42 Å². The van der Waals surface area contributed by atoms with Crippen molar-refractivity contribution in [2.45, 2.75) is 31.8 Å².